The highest BCUT2D eigenvalue weighted by molar-refractivity contribution is 9.10. The molecule has 0 heterocycles. The van der Waals surface area contributed by atoms with Gasteiger partial charge in [-0.2, -0.15) is 0 Å². The van der Waals surface area contributed by atoms with E-state index in [1.165, 1.54) is 6.07 Å². The van der Waals surface area contributed by atoms with Crippen molar-refractivity contribution in [1.82, 2.24) is 5.32 Å². The fraction of sp³-hybridized carbons (Fsp3) is 0.500. The second kappa shape index (κ2) is 6.23. The van der Waals surface area contributed by atoms with Crippen LogP contribution in [0.5, 0.6) is 0 Å². The number of benzene rings is 1. The topological polar surface area (TPSA) is 12.0 Å². The standard InChI is InChI=1S/C12H17BrFN/c1-3-4-8-11(15-2)9-6-5-7-10(14)12(9)13/h5-7,11,15H,3-4,8H2,1-2H3. The molecule has 0 aromatic heterocycles. The van der Waals surface area contributed by atoms with Gasteiger partial charge in [-0.1, -0.05) is 31.9 Å². The maximum Gasteiger partial charge on any atom is 0.137 e. The minimum atomic E-state index is -0.191. The highest BCUT2D eigenvalue weighted by Gasteiger charge is 2.13. The molecule has 1 nitrogen and oxygen atoms in total. The molecule has 0 radical (unpaired) electrons. The van der Waals surface area contributed by atoms with Gasteiger partial charge in [0.25, 0.3) is 0 Å². The molecule has 1 aromatic rings. The smallest absolute Gasteiger partial charge is 0.137 e. The molecule has 1 N–H and O–H groups in total. The van der Waals surface area contributed by atoms with E-state index in [0.29, 0.717) is 4.47 Å². The first kappa shape index (κ1) is 12.7. The second-order valence-corrected chi connectivity index (χ2v) is 4.42. The monoisotopic (exact) mass is 273 g/mol. The minimum Gasteiger partial charge on any atom is -0.313 e. The highest BCUT2D eigenvalue weighted by Crippen LogP contribution is 2.28. The largest absolute Gasteiger partial charge is 0.313 e. The Labute approximate surface area is 99.2 Å². The lowest BCUT2D eigenvalue weighted by Crippen LogP contribution is -2.17. The van der Waals surface area contributed by atoms with Crippen molar-refractivity contribution in [2.24, 2.45) is 0 Å². The fourth-order valence-corrected chi connectivity index (χ4v) is 2.19. The summed E-state index contributed by atoms with van der Waals surface area (Å²) < 4.78 is 13.9. The Morgan fingerprint density at radius 3 is 2.80 bits per heavy atom. The summed E-state index contributed by atoms with van der Waals surface area (Å²) in [6.45, 7) is 2.16. The molecule has 0 saturated carbocycles. The zero-order valence-corrected chi connectivity index (χ0v) is 10.8. The van der Waals surface area contributed by atoms with Gasteiger partial charge in [-0.3, -0.25) is 0 Å². The van der Waals surface area contributed by atoms with Crippen LogP contribution >= 0.6 is 15.9 Å². The third kappa shape index (κ3) is 3.28. The summed E-state index contributed by atoms with van der Waals surface area (Å²) >= 11 is 3.30. The van der Waals surface area contributed by atoms with Crippen LogP contribution in [0.15, 0.2) is 22.7 Å². The fourth-order valence-electron chi connectivity index (χ4n) is 1.65. The van der Waals surface area contributed by atoms with Gasteiger partial charge in [0.15, 0.2) is 0 Å². The highest BCUT2D eigenvalue weighted by atomic mass is 79.9. The number of rotatable bonds is 5. The summed E-state index contributed by atoms with van der Waals surface area (Å²) in [5.41, 5.74) is 1.01. The van der Waals surface area contributed by atoms with Crippen LogP contribution in [0.1, 0.15) is 37.8 Å². The van der Waals surface area contributed by atoms with Crippen LogP contribution in [0.3, 0.4) is 0 Å². The molecule has 0 bridgehead atoms. The van der Waals surface area contributed by atoms with E-state index in [0.717, 1.165) is 24.8 Å². The summed E-state index contributed by atoms with van der Waals surface area (Å²) in [5, 5.41) is 3.22. The van der Waals surface area contributed by atoms with Gasteiger partial charge in [0.05, 0.1) is 4.47 Å². The van der Waals surface area contributed by atoms with E-state index in [-0.39, 0.29) is 11.9 Å². The van der Waals surface area contributed by atoms with Gasteiger partial charge in [0.2, 0.25) is 0 Å². The van der Waals surface area contributed by atoms with Crippen molar-refractivity contribution in [3.63, 3.8) is 0 Å². The zero-order valence-electron chi connectivity index (χ0n) is 9.19. The second-order valence-electron chi connectivity index (χ2n) is 3.63. The Kier molecular flexibility index (Phi) is 5.26. The SMILES string of the molecule is CCCCC(NC)c1cccc(F)c1Br. The predicted octanol–water partition coefficient (Wildman–Crippen LogP) is 4.04. The molecule has 0 spiro atoms. The maximum atomic E-state index is 13.3. The molecule has 0 aliphatic heterocycles. The summed E-state index contributed by atoms with van der Waals surface area (Å²) in [4.78, 5) is 0. The first-order chi connectivity index (χ1) is 7.20. The molecule has 0 saturated heterocycles. The van der Waals surface area contributed by atoms with E-state index >= 15 is 0 Å². The van der Waals surface area contributed by atoms with E-state index in [1.807, 2.05) is 13.1 Å². The zero-order chi connectivity index (χ0) is 11.3. The summed E-state index contributed by atoms with van der Waals surface area (Å²) in [6, 6.07) is 5.42. The van der Waals surface area contributed by atoms with Crippen LogP contribution in [0.4, 0.5) is 4.39 Å². The van der Waals surface area contributed by atoms with Gasteiger partial charge in [-0.15, -0.1) is 0 Å². The Balaban J connectivity index is 2.86. The van der Waals surface area contributed by atoms with Crippen molar-refractivity contribution in [2.45, 2.75) is 32.2 Å². The van der Waals surface area contributed by atoms with Crippen molar-refractivity contribution in [2.75, 3.05) is 7.05 Å². The quantitative estimate of drug-likeness (QED) is 0.854. The average molecular weight is 274 g/mol. The molecule has 0 amide bonds. The third-order valence-electron chi connectivity index (χ3n) is 2.55. The molecule has 1 unspecified atom stereocenters. The number of hydrogen-bond acceptors (Lipinski definition) is 1. The van der Waals surface area contributed by atoms with Gasteiger partial charge in [-0.25, -0.2) is 4.39 Å². The molecule has 0 aliphatic rings. The molecule has 0 aliphatic carbocycles. The number of nitrogens with one attached hydrogen (secondary N) is 1. The molecule has 15 heavy (non-hydrogen) atoms. The van der Waals surface area contributed by atoms with Crippen molar-refractivity contribution in [1.29, 1.82) is 0 Å². The van der Waals surface area contributed by atoms with Crippen molar-refractivity contribution in [3.8, 4) is 0 Å². The van der Waals surface area contributed by atoms with Crippen molar-refractivity contribution >= 4 is 15.9 Å². The first-order valence-corrected chi connectivity index (χ1v) is 6.11. The van der Waals surface area contributed by atoms with Gasteiger partial charge in [0, 0.05) is 6.04 Å². The molecular formula is C12H17BrFN. The van der Waals surface area contributed by atoms with Crippen LogP contribution in [-0.2, 0) is 0 Å². The molecule has 3 heteroatoms. The Hall–Kier alpha value is -0.410. The van der Waals surface area contributed by atoms with Gasteiger partial charge >= 0.3 is 0 Å². The van der Waals surface area contributed by atoms with Gasteiger partial charge in [0.1, 0.15) is 5.82 Å². The summed E-state index contributed by atoms with van der Waals surface area (Å²) in [5.74, 6) is -0.191. The summed E-state index contributed by atoms with van der Waals surface area (Å²) in [7, 11) is 1.91. The van der Waals surface area contributed by atoms with Gasteiger partial charge < -0.3 is 5.32 Å². The third-order valence-corrected chi connectivity index (χ3v) is 3.39. The lowest BCUT2D eigenvalue weighted by Gasteiger charge is -2.18. The lowest BCUT2D eigenvalue weighted by atomic mass is 10.0. The minimum absolute atomic E-state index is 0.191. The van der Waals surface area contributed by atoms with Crippen molar-refractivity contribution in [3.05, 3.63) is 34.1 Å². The van der Waals surface area contributed by atoms with E-state index in [1.54, 1.807) is 6.07 Å². The van der Waals surface area contributed by atoms with Crippen LogP contribution in [0, 0.1) is 5.82 Å². The molecule has 0 fully saturated rings. The number of hydrogen-bond donors (Lipinski definition) is 1. The van der Waals surface area contributed by atoms with E-state index in [2.05, 4.69) is 28.2 Å². The molecule has 1 aromatic carbocycles. The molecule has 84 valence electrons. The Morgan fingerprint density at radius 2 is 2.20 bits per heavy atom. The molecule has 1 atom stereocenters. The van der Waals surface area contributed by atoms with E-state index in [4.69, 9.17) is 0 Å². The normalized spacial score (nSPS) is 12.8. The van der Waals surface area contributed by atoms with Gasteiger partial charge in [-0.05, 0) is 41.0 Å². The van der Waals surface area contributed by atoms with Crippen molar-refractivity contribution < 1.29 is 4.39 Å². The first-order valence-electron chi connectivity index (χ1n) is 5.31. The number of unbranched alkanes of at least 4 members (excludes halogenated alkanes) is 1. The van der Waals surface area contributed by atoms with Crippen LogP contribution in [-0.4, -0.2) is 7.05 Å². The lowest BCUT2D eigenvalue weighted by molar-refractivity contribution is 0.515. The van der Waals surface area contributed by atoms with E-state index < -0.39 is 0 Å². The average Bonchev–Trinajstić information content (AvgIpc) is 2.25. The summed E-state index contributed by atoms with van der Waals surface area (Å²) in [6.07, 6.45) is 3.34. The van der Waals surface area contributed by atoms with Crippen LogP contribution in [0.25, 0.3) is 0 Å². The van der Waals surface area contributed by atoms with Crippen LogP contribution < -0.4 is 5.32 Å². The Morgan fingerprint density at radius 1 is 1.47 bits per heavy atom. The molecular weight excluding hydrogens is 257 g/mol. The molecule has 1 rings (SSSR count). The maximum absolute atomic E-state index is 13.3. The van der Waals surface area contributed by atoms with E-state index in [9.17, 15) is 4.39 Å². The van der Waals surface area contributed by atoms with Crippen LogP contribution in [0.2, 0.25) is 0 Å². The number of halogens is 2. The Bertz CT molecular complexity index is 314. The predicted molar refractivity (Wildman–Crippen MR) is 65.4 cm³/mol.